The first kappa shape index (κ1) is 16.5. The number of hydrogen-bond donors (Lipinski definition) is 0. The van der Waals surface area contributed by atoms with Crippen LogP contribution in [0.25, 0.3) is 0 Å². The Kier molecular flexibility index (Phi) is 5.08. The molecule has 110 valence electrons. The molecule has 8 heteroatoms. The third-order valence-electron chi connectivity index (χ3n) is 2.45. The minimum atomic E-state index is -4.00. The van der Waals surface area contributed by atoms with E-state index >= 15 is 0 Å². The molecular weight excluding hydrogens is 447 g/mol. The molecule has 0 heterocycles. The molecule has 2 aromatic carbocycles. The Bertz CT molecular complexity index is 765. The van der Waals surface area contributed by atoms with Gasteiger partial charge in [-0.15, -0.1) is 0 Å². The van der Waals surface area contributed by atoms with Crippen molar-refractivity contribution in [1.29, 1.82) is 0 Å². The molecule has 2 aromatic rings. The predicted octanol–water partition coefficient (Wildman–Crippen LogP) is 4.45. The van der Waals surface area contributed by atoms with E-state index in [4.69, 9.17) is 15.8 Å². The minimum Gasteiger partial charge on any atom is -0.377 e. The van der Waals surface area contributed by atoms with Gasteiger partial charge in [-0.25, -0.2) is 0 Å². The lowest BCUT2D eigenvalue weighted by atomic mass is 10.2. The molecule has 0 aromatic heterocycles. The summed E-state index contributed by atoms with van der Waals surface area (Å²) in [6, 6.07) is 8.53. The lowest BCUT2D eigenvalue weighted by Crippen LogP contribution is -2.10. The van der Waals surface area contributed by atoms with Gasteiger partial charge in [0.05, 0.1) is 8.95 Å². The van der Waals surface area contributed by atoms with E-state index in [-0.39, 0.29) is 10.6 Å². The summed E-state index contributed by atoms with van der Waals surface area (Å²) in [5.41, 5.74) is 0.380. The van der Waals surface area contributed by atoms with Crippen LogP contribution >= 0.6 is 43.5 Å². The van der Waals surface area contributed by atoms with Gasteiger partial charge < -0.3 is 4.18 Å². The molecule has 0 amide bonds. The molecule has 0 spiro atoms. The number of halogens is 3. The van der Waals surface area contributed by atoms with Crippen LogP contribution in [0.5, 0.6) is 5.75 Å². The number of rotatable bonds is 4. The zero-order chi connectivity index (χ0) is 15.6. The van der Waals surface area contributed by atoms with E-state index in [0.717, 1.165) is 0 Å². The largest absolute Gasteiger partial charge is 0.377 e. The molecule has 0 N–H and O–H groups in total. The van der Waals surface area contributed by atoms with E-state index in [1.54, 1.807) is 0 Å². The Morgan fingerprint density at radius 2 is 1.57 bits per heavy atom. The van der Waals surface area contributed by atoms with Crippen LogP contribution in [0, 0.1) is 0 Å². The monoisotopic (exact) mass is 452 g/mol. The second-order valence-corrected chi connectivity index (χ2v) is 7.61. The summed E-state index contributed by atoms with van der Waals surface area (Å²) in [5, 5.41) is 0.423. The summed E-state index contributed by atoms with van der Waals surface area (Å²) in [7, 11) is -4.00. The maximum atomic E-state index is 12.2. The van der Waals surface area contributed by atoms with E-state index in [0.29, 0.717) is 25.8 Å². The average molecular weight is 455 g/mol. The van der Waals surface area contributed by atoms with Gasteiger partial charge in [0.15, 0.2) is 5.75 Å². The number of aldehydes is 1. The molecule has 0 unspecified atom stereocenters. The molecule has 0 aliphatic rings. The fourth-order valence-electron chi connectivity index (χ4n) is 1.49. The van der Waals surface area contributed by atoms with Crippen molar-refractivity contribution < 1.29 is 17.4 Å². The number of hydrogen-bond acceptors (Lipinski definition) is 4. The van der Waals surface area contributed by atoms with Crippen molar-refractivity contribution in [2.45, 2.75) is 4.90 Å². The molecule has 2 rings (SSSR count). The highest BCUT2D eigenvalue weighted by Gasteiger charge is 2.20. The maximum absolute atomic E-state index is 12.2. The van der Waals surface area contributed by atoms with Crippen molar-refractivity contribution in [3.63, 3.8) is 0 Å². The Balaban J connectivity index is 2.41. The number of carbonyl (C=O) groups excluding carboxylic acids is 1. The van der Waals surface area contributed by atoms with Crippen molar-refractivity contribution in [2.24, 2.45) is 0 Å². The lowest BCUT2D eigenvalue weighted by Gasteiger charge is -2.11. The summed E-state index contributed by atoms with van der Waals surface area (Å²) in [5.74, 6) is 0.0653. The Labute approximate surface area is 143 Å². The van der Waals surface area contributed by atoms with Crippen LogP contribution in [0.2, 0.25) is 5.02 Å². The summed E-state index contributed by atoms with van der Waals surface area (Å²) in [6.07, 6.45) is 0.646. The second-order valence-electron chi connectivity index (χ2n) is 3.92. The van der Waals surface area contributed by atoms with Gasteiger partial charge in [0.1, 0.15) is 11.2 Å². The highest BCUT2D eigenvalue weighted by atomic mass is 79.9. The normalized spacial score (nSPS) is 11.2. The van der Waals surface area contributed by atoms with Crippen LogP contribution in [0.15, 0.2) is 50.2 Å². The summed E-state index contributed by atoms with van der Waals surface area (Å²) in [4.78, 5) is 10.7. The predicted molar refractivity (Wildman–Crippen MR) is 86.5 cm³/mol. The first-order chi connectivity index (χ1) is 9.83. The molecule has 0 saturated heterocycles. The quantitative estimate of drug-likeness (QED) is 0.506. The number of benzene rings is 2. The third-order valence-corrected chi connectivity index (χ3v) is 5.12. The van der Waals surface area contributed by atoms with Gasteiger partial charge in [-0.3, -0.25) is 4.79 Å². The van der Waals surface area contributed by atoms with Crippen molar-refractivity contribution in [3.8, 4) is 5.75 Å². The molecule has 21 heavy (non-hydrogen) atoms. The Morgan fingerprint density at radius 3 is 2.05 bits per heavy atom. The molecule has 0 radical (unpaired) electrons. The van der Waals surface area contributed by atoms with E-state index < -0.39 is 10.1 Å². The number of carbonyl (C=O) groups is 1. The van der Waals surface area contributed by atoms with Crippen LogP contribution in [0.4, 0.5) is 0 Å². The van der Waals surface area contributed by atoms with E-state index in [1.165, 1.54) is 36.4 Å². The maximum Gasteiger partial charge on any atom is 0.339 e. The summed E-state index contributed by atoms with van der Waals surface area (Å²) in [6.45, 7) is 0. The topological polar surface area (TPSA) is 60.4 Å². The second kappa shape index (κ2) is 6.48. The molecule has 0 saturated carbocycles. The molecule has 4 nitrogen and oxygen atoms in total. The van der Waals surface area contributed by atoms with E-state index in [2.05, 4.69) is 31.9 Å². The van der Waals surface area contributed by atoms with Crippen LogP contribution in [-0.4, -0.2) is 14.7 Å². The molecule has 0 aliphatic carbocycles. The van der Waals surface area contributed by atoms with E-state index in [1.807, 2.05) is 0 Å². The fourth-order valence-corrected chi connectivity index (χ4v) is 4.17. The van der Waals surface area contributed by atoms with Gasteiger partial charge in [-0.05, 0) is 68.3 Å². The first-order valence-electron chi connectivity index (χ1n) is 5.48. The minimum absolute atomic E-state index is 0.0230. The fraction of sp³-hybridized carbons (Fsp3) is 0. The highest BCUT2D eigenvalue weighted by molar-refractivity contribution is 9.11. The van der Waals surface area contributed by atoms with Crippen LogP contribution in [-0.2, 0) is 10.1 Å². The molecule has 0 atom stereocenters. The molecule has 0 aliphatic heterocycles. The van der Waals surface area contributed by atoms with Crippen molar-refractivity contribution in [1.82, 2.24) is 0 Å². The molecular formula is C13H7Br2ClO4S. The zero-order valence-corrected chi connectivity index (χ0v) is 15.0. The van der Waals surface area contributed by atoms with Crippen LogP contribution in [0.1, 0.15) is 10.4 Å². The van der Waals surface area contributed by atoms with Crippen molar-refractivity contribution >= 4 is 59.9 Å². The van der Waals surface area contributed by atoms with Crippen molar-refractivity contribution in [3.05, 3.63) is 55.9 Å². The lowest BCUT2D eigenvalue weighted by molar-refractivity contribution is 0.112. The van der Waals surface area contributed by atoms with Gasteiger partial charge in [-0.2, -0.15) is 8.42 Å². The Hall–Kier alpha value is -0.890. The summed E-state index contributed by atoms with van der Waals surface area (Å²) < 4.78 is 30.2. The van der Waals surface area contributed by atoms with Gasteiger partial charge in [0, 0.05) is 10.6 Å². The highest BCUT2D eigenvalue weighted by Crippen LogP contribution is 2.36. The zero-order valence-electron chi connectivity index (χ0n) is 10.2. The van der Waals surface area contributed by atoms with Crippen LogP contribution < -0.4 is 4.18 Å². The average Bonchev–Trinajstić information content (AvgIpc) is 2.43. The van der Waals surface area contributed by atoms with Gasteiger partial charge in [-0.1, -0.05) is 11.6 Å². The summed E-state index contributed by atoms with van der Waals surface area (Å²) >= 11 is 12.1. The first-order valence-corrected chi connectivity index (χ1v) is 8.85. The smallest absolute Gasteiger partial charge is 0.339 e. The van der Waals surface area contributed by atoms with Gasteiger partial charge in [0.25, 0.3) is 0 Å². The van der Waals surface area contributed by atoms with Crippen molar-refractivity contribution in [2.75, 3.05) is 0 Å². The third kappa shape index (κ3) is 3.85. The van der Waals surface area contributed by atoms with Crippen LogP contribution in [0.3, 0.4) is 0 Å². The standard InChI is InChI=1S/C13H7Br2ClO4S/c14-11-5-8(7-17)6-12(15)13(11)20-21(18,19)10-3-1-9(16)2-4-10/h1-7H. The SMILES string of the molecule is O=Cc1cc(Br)c(OS(=O)(=O)c2ccc(Cl)cc2)c(Br)c1. The molecule has 0 bridgehead atoms. The van der Waals surface area contributed by atoms with Gasteiger partial charge >= 0.3 is 10.1 Å². The van der Waals surface area contributed by atoms with E-state index in [9.17, 15) is 13.2 Å². The Morgan fingerprint density at radius 1 is 1.05 bits per heavy atom. The van der Waals surface area contributed by atoms with Gasteiger partial charge in [0.2, 0.25) is 0 Å². The molecule has 0 fully saturated rings.